The van der Waals surface area contributed by atoms with Gasteiger partial charge in [-0.05, 0) is 56.2 Å². The number of benzene rings is 2. The minimum Gasteiger partial charge on any atom is -0.304 e. The zero-order chi connectivity index (χ0) is 15.6. The highest BCUT2D eigenvalue weighted by Crippen LogP contribution is 2.24. The first-order chi connectivity index (χ1) is 9.88. The van der Waals surface area contributed by atoms with Gasteiger partial charge in [-0.1, -0.05) is 23.7 Å². The third-order valence-corrected chi connectivity index (χ3v) is 3.83. The lowest BCUT2D eigenvalue weighted by Gasteiger charge is -2.21. The van der Waals surface area contributed by atoms with Crippen molar-refractivity contribution in [2.24, 2.45) is 0 Å². The molecule has 0 amide bonds. The lowest BCUT2D eigenvalue weighted by Crippen LogP contribution is -2.23. The minimum atomic E-state index is -0.396. The van der Waals surface area contributed by atoms with Crippen molar-refractivity contribution >= 4 is 11.6 Å². The Hall–Kier alpha value is -1.45. The van der Waals surface area contributed by atoms with E-state index in [-0.39, 0.29) is 12.1 Å². The summed E-state index contributed by atoms with van der Waals surface area (Å²) >= 11 is 5.97. The Bertz CT molecular complexity index is 643. The first-order valence-corrected chi connectivity index (χ1v) is 7.23. The molecule has 1 unspecified atom stereocenters. The van der Waals surface area contributed by atoms with Crippen LogP contribution >= 0.6 is 11.6 Å². The summed E-state index contributed by atoms with van der Waals surface area (Å²) in [5.74, 6) is -0.789. The molecular formula is C17H18ClF2N. The van der Waals surface area contributed by atoms with Crippen molar-refractivity contribution in [3.63, 3.8) is 0 Å². The fraction of sp³-hybridized carbons (Fsp3) is 0.294. The number of aryl methyl sites for hydroxylation is 1. The van der Waals surface area contributed by atoms with Crippen molar-refractivity contribution in [3.8, 4) is 0 Å². The summed E-state index contributed by atoms with van der Waals surface area (Å²) in [6.07, 6.45) is 0. The van der Waals surface area contributed by atoms with E-state index in [1.54, 1.807) is 13.0 Å². The molecule has 112 valence electrons. The fourth-order valence-electron chi connectivity index (χ4n) is 2.33. The average molecular weight is 310 g/mol. The van der Waals surface area contributed by atoms with Crippen LogP contribution in [0.5, 0.6) is 0 Å². The van der Waals surface area contributed by atoms with Crippen molar-refractivity contribution in [3.05, 3.63) is 69.7 Å². The van der Waals surface area contributed by atoms with E-state index in [4.69, 9.17) is 11.6 Å². The van der Waals surface area contributed by atoms with Crippen molar-refractivity contribution in [1.29, 1.82) is 0 Å². The summed E-state index contributed by atoms with van der Waals surface area (Å²) in [6.45, 7) is 5.33. The normalized spacial score (nSPS) is 14.0. The summed E-state index contributed by atoms with van der Waals surface area (Å²) in [7, 11) is 0. The topological polar surface area (TPSA) is 12.0 Å². The molecule has 4 heteroatoms. The van der Waals surface area contributed by atoms with Crippen molar-refractivity contribution in [1.82, 2.24) is 5.32 Å². The van der Waals surface area contributed by atoms with Gasteiger partial charge in [-0.2, -0.15) is 0 Å². The molecule has 0 fully saturated rings. The Morgan fingerprint density at radius 1 is 1.00 bits per heavy atom. The van der Waals surface area contributed by atoms with E-state index in [2.05, 4.69) is 5.32 Å². The maximum Gasteiger partial charge on any atom is 0.128 e. The van der Waals surface area contributed by atoms with E-state index in [9.17, 15) is 8.78 Å². The van der Waals surface area contributed by atoms with E-state index in [1.165, 1.54) is 12.1 Å². The summed E-state index contributed by atoms with van der Waals surface area (Å²) in [5, 5.41) is 3.92. The Labute approximate surface area is 128 Å². The van der Waals surface area contributed by atoms with Crippen molar-refractivity contribution in [2.75, 3.05) is 0 Å². The average Bonchev–Trinajstić information content (AvgIpc) is 2.42. The fourth-order valence-corrected chi connectivity index (χ4v) is 2.53. The summed E-state index contributed by atoms with van der Waals surface area (Å²) in [4.78, 5) is 0. The van der Waals surface area contributed by atoms with E-state index in [0.717, 1.165) is 5.56 Å². The third kappa shape index (κ3) is 3.80. The SMILES string of the molecule is Cc1cc(F)c(C(C)N[C@H](C)c2cccc(Cl)c2)cc1F. The molecular weight excluding hydrogens is 292 g/mol. The smallest absolute Gasteiger partial charge is 0.128 e. The van der Waals surface area contributed by atoms with Crippen LogP contribution in [0.1, 0.15) is 42.6 Å². The van der Waals surface area contributed by atoms with Gasteiger partial charge in [0.25, 0.3) is 0 Å². The standard InChI is InChI=1S/C17H18ClF2N/c1-10-7-17(20)15(9-16(10)19)12(3)21-11(2)13-5-4-6-14(18)8-13/h4-9,11-12,21H,1-3H3/t11-,12?/m1/s1. The van der Waals surface area contributed by atoms with Gasteiger partial charge in [-0.3, -0.25) is 0 Å². The Morgan fingerprint density at radius 3 is 2.38 bits per heavy atom. The molecule has 1 nitrogen and oxygen atoms in total. The maximum atomic E-state index is 14.0. The Balaban J connectivity index is 2.18. The van der Waals surface area contributed by atoms with Gasteiger partial charge in [0.1, 0.15) is 11.6 Å². The lowest BCUT2D eigenvalue weighted by atomic mass is 10.0. The summed E-state index contributed by atoms with van der Waals surface area (Å²) < 4.78 is 27.6. The predicted molar refractivity (Wildman–Crippen MR) is 82.5 cm³/mol. The Morgan fingerprint density at radius 2 is 1.71 bits per heavy atom. The van der Waals surface area contributed by atoms with Gasteiger partial charge in [0.15, 0.2) is 0 Å². The van der Waals surface area contributed by atoms with Gasteiger partial charge in [-0.25, -0.2) is 8.78 Å². The van der Waals surface area contributed by atoms with Crippen LogP contribution in [-0.4, -0.2) is 0 Å². The third-order valence-electron chi connectivity index (χ3n) is 3.59. The van der Waals surface area contributed by atoms with Crippen LogP contribution in [-0.2, 0) is 0 Å². The molecule has 0 spiro atoms. The molecule has 1 N–H and O–H groups in total. The van der Waals surface area contributed by atoms with Crippen LogP contribution in [0, 0.1) is 18.6 Å². The van der Waals surface area contributed by atoms with Crippen LogP contribution in [0.15, 0.2) is 36.4 Å². The van der Waals surface area contributed by atoms with Gasteiger partial charge in [-0.15, -0.1) is 0 Å². The van der Waals surface area contributed by atoms with Crippen molar-refractivity contribution < 1.29 is 8.78 Å². The molecule has 0 bridgehead atoms. The van der Waals surface area contributed by atoms with E-state index in [1.807, 2.05) is 32.0 Å². The van der Waals surface area contributed by atoms with Crippen LogP contribution in [0.25, 0.3) is 0 Å². The maximum absolute atomic E-state index is 14.0. The predicted octanol–water partition coefficient (Wildman–Crippen LogP) is 5.34. The molecule has 0 aliphatic carbocycles. The highest BCUT2D eigenvalue weighted by atomic mass is 35.5. The van der Waals surface area contributed by atoms with Gasteiger partial charge in [0.05, 0.1) is 0 Å². The van der Waals surface area contributed by atoms with Gasteiger partial charge in [0, 0.05) is 22.7 Å². The van der Waals surface area contributed by atoms with Crippen LogP contribution < -0.4 is 5.32 Å². The second kappa shape index (κ2) is 6.54. The zero-order valence-corrected chi connectivity index (χ0v) is 13.0. The van der Waals surface area contributed by atoms with Gasteiger partial charge < -0.3 is 5.32 Å². The van der Waals surface area contributed by atoms with E-state index < -0.39 is 11.6 Å². The highest BCUT2D eigenvalue weighted by Gasteiger charge is 2.16. The monoisotopic (exact) mass is 309 g/mol. The summed E-state index contributed by atoms with van der Waals surface area (Å²) in [6, 6.07) is 9.62. The molecule has 0 aliphatic rings. The second-order valence-electron chi connectivity index (χ2n) is 5.29. The van der Waals surface area contributed by atoms with Crippen LogP contribution in [0.4, 0.5) is 8.78 Å². The van der Waals surface area contributed by atoms with Crippen LogP contribution in [0.3, 0.4) is 0 Å². The molecule has 0 aromatic heterocycles. The van der Waals surface area contributed by atoms with E-state index in [0.29, 0.717) is 16.1 Å². The largest absolute Gasteiger partial charge is 0.304 e. The van der Waals surface area contributed by atoms with Crippen molar-refractivity contribution in [2.45, 2.75) is 32.9 Å². The molecule has 2 atom stereocenters. The van der Waals surface area contributed by atoms with Gasteiger partial charge >= 0.3 is 0 Å². The number of hydrogen-bond acceptors (Lipinski definition) is 1. The Kier molecular flexibility index (Phi) is 4.96. The first kappa shape index (κ1) is 15.9. The van der Waals surface area contributed by atoms with Crippen LogP contribution in [0.2, 0.25) is 5.02 Å². The van der Waals surface area contributed by atoms with E-state index >= 15 is 0 Å². The molecule has 21 heavy (non-hydrogen) atoms. The molecule has 0 heterocycles. The molecule has 0 radical (unpaired) electrons. The highest BCUT2D eigenvalue weighted by molar-refractivity contribution is 6.30. The number of rotatable bonds is 4. The molecule has 2 rings (SSSR count). The minimum absolute atomic E-state index is 0.0255. The molecule has 0 saturated carbocycles. The number of nitrogens with one attached hydrogen (secondary N) is 1. The molecule has 2 aromatic rings. The second-order valence-corrected chi connectivity index (χ2v) is 5.72. The molecule has 0 saturated heterocycles. The quantitative estimate of drug-likeness (QED) is 0.804. The molecule has 0 aliphatic heterocycles. The lowest BCUT2D eigenvalue weighted by molar-refractivity contribution is 0.469. The van der Waals surface area contributed by atoms with Gasteiger partial charge in [0.2, 0.25) is 0 Å². The summed E-state index contributed by atoms with van der Waals surface area (Å²) in [5.41, 5.74) is 1.64. The zero-order valence-electron chi connectivity index (χ0n) is 12.3. The molecule has 2 aromatic carbocycles. The number of halogens is 3. The first-order valence-electron chi connectivity index (χ1n) is 6.85. The number of hydrogen-bond donors (Lipinski definition) is 1.